The standard InChI is InChI=1S/C15H19NO/c1-14(2)12(15(3,4)13(14)17)16-10-11-8-6-5-7-9-11/h5-9H,10H2,1-4H3. The van der Waals surface area contributed by atoms with Crippen LogP contribution in [0.1, 0.15) is 33.3 Å². The molecule has 1 aliphatic rings. The summed E-state index contributed by atoms with van der Waals surface area (Å²) in [6, 6.07) is 10.1. The first kappa shape index (κ1) is 12.0. The topological polar surface area (TPSA) is 29.4 Å². The minimum Gasteiger partial charge on any atom is -0.298 e. The lowest BCUT2D eigenvalue weighted by atomic mass is 9.53. The number of hydrogen-bond donors (Lipinski definition) is 0. The molecule has 17 heavy (non-hydrogen) atoms. The van der Waals surface area contributed by atoms with Crippen LogP contribution >= 0.6 is 0 Å². The second-order valence-corrected chi connectivity index (χ2v) is 5.73. The van der Waals surface area contributed by atoms with Gasteiger partial charge in [-0.15, -0.1) is 0 Å². The van der Waals surface area contributed by atoms with E-state index in [0.717, 1.165) is 5.71 Å². The van der Waals surface area contributed by atoms with Crippen molar-refractivity contribution in [1.29, 1.82) is 0 Å². The molecule has 0 aliphatic heterocycles. The Bertz CT molecular complexity index is 449. The highest BCUT2D eigenvalue weighted by molar-refractivity contribution is 6.31. The number of aliphatic imine (C=N–C) groups is 1. The molecule has 2 heteroatoms. The maximum absolute atomic E-state index is 11.9. The van der Waals surface area contributed by atoms with Gasteiger partial charge < -0.3 is 0 Å². The van der Waals surface area contributed by atoms with E-state index in [0.29, 0.717) is 6.54 Å². The van der Waals surface area contributed by atoms with Crippen molar-refractivity contribution in [2.24, 2.45) is 15.8 Å². The molecule has 0 radical (unpaired) electrons. The summed E-state index contributed by atoms with van der Waals surface area (Å²) in [6.07, 6.45) is 0. The molecule has 0 aromatic heterocycles. The van der Waals surface area contributed by atoms with Crippen molar-refractivity contribution in [2.75, 3.05) is 0 Å². The Kier molecular flexibility index (Phi) is 2.69. The molecule has 1 aromatic rings. The van der Waals surface area contributed by atoms with Crippen LogP contribution in [0.2, 0.25) is 0 Å². The minimum absolute atomic E-state index is 0.289. The SMILES string of the molecule is CC1(C)C(=O)C(C)(C)C1=NCc1ccccc1. The van der Waals surface area contributed by atoms with Gasteiger partial charge in [-0.3, -0.25) is 9.79 Å². The van der Waals surface area contributed by atoms with E-state index in [1.165, 1.54) is 5.56 Å². The number of ketones is 1. The Hall–Kier alpha value is -1.44. The Balaban J connectivity index is 2.21. The molecule has 1 aromatic carbocycles. The lowest BCUT2D eigenvalue weighted by Crippen LogP contribution is -2.61. The van der Waals surface area contributed by atoms with Crippen molar-refractivity contribution >= 4 is 11.5 Å². The lowest BCUT2D eigenvalue weighted by molar-refractivity contribution is -0.134. The van der Waals surface area contributed by atoms with Crippen LogP contribution in [0, 0.1) is 10.8 Å². The zero-order valence-electron chi connectivity index (χ0n) is 10.9. The predicted octanol–water partition coefficient (Wildman–Crippen LogP) is 3.26. The molecule has 1 saturated carbocycles. The summed E-state index contributed by atoms with van der Waals surface area (Å²) < 4.78 is 0. The van der Waals surface area contributed by atoms with E-state index >= 15 is 0 Å². The number of carbonyl (C=O) groups is 1. The van der Waals surface area contributed by atoms with Gasteiger partial charge in [0, 0.05) is 5.71 Å². The smallest absolute Gasteiger partial charge is 0.155 e. The first-order valence-electron chi connectivity index (χ1n) is 6.01. The fraction of sp³-hybridized carbons (Fsp3) is 0.467. The molecule has 0 atom stereocenters. The van der Waals surface area contributed by atoms with Crippen LogP contribution in [0.3, 0.4) is 0 Å². The van der Waals surface area contributed by atoms with Gasteiger partial charge in [-0.05, 0) is 33.3 Å². The Labute approximate surface area is 103 Å². The Morgan fingerprint density at radius 3 is 2.06 bits per heavy atom. The monoisotopic (exact) mass is 229 g/mol. The first-order valence-corrected chi connectivity index (χ1v) is 6.01. The van der Waals surface area contributed by atoms with Gasteiger partial charge in [-0.1, -0.05) is 30.3 Å². The van der Waals surface area contributed by atoms with Crippen LogP contribution in [0.4, 0.5) is 0 Å². The molecule has 90 valence electrons. The second-order valence-electron chi connectivity index (χ2n) is 5.73. The quantitative estimate of drug-likeness (QED) is 0.765. The zero-order chi connectivity index (χ0) is 12.7. The molecule has 2 nitrogen and oxygen atoms in total. The third-order valence-electron chi connectivity index (χ3n) is 3.58. The van der Waals surface area contributed by atoms with Crippen LogP contribution in [0.5, 0.6) is 0 Å². The van der Waals surface area contributed by atoms with Crippen LogP contribution in [0.25, 0.3) is 0 Å². The molecule has 0 bridgehead atoms. The van der Waals surface area contributed by atoms with Crippen molar-refractivity contribution in [2.45, 2.75) is 34.2 Å². The van der Waals surface area contributed by atoms with Crippen LogP contribution in [0.15, 0.2) is 35.3 Å². The highest BCUT2D eigenvalue weighted by Crippen LogP contribution is 2.47. The van der Waals surface area contributed by atoms with Crippen molar-refractivity contribution < 1.29 is 4.79 Å². The third-order valence-corrected chi connectivity index (χ3v) is 3.58. The van der Waals surface area contributed by atoms with Gasteiger partial charge in [-0.2, -0.15) is 0 Å². The Morgan fingerprint density at radius 2 is 1.53 bits per heavy atom. The molecule has 0 amide bonds. The highest BCUT2D eigenvalue weighted by Gasteiger charge is 2.58. The first-order chi connectivity index (χ1) is 7.87. The summed E-state index contributed by atoms with van der Waals surface area (Å²) in [4.78, 5) is 16.6. The number of benzene rings is 1. The van der Waals surface area contributed by atoms with Gasteiger partial charge in [-0.25, -0.2) is 0 Å². The number of carbonyl (C=O) groups excluding carboxylic acids is 1. The van der Waals surface area contributed by atoms with Gasteiger partial charge in [0.15, 0.2) is 5.78 Å². The minimum atomic E-state index is -0.377. The van der Waals surface area contributed by atoms with E-state index in [4.69, 9.17) is 0 Å². The van der Waals surface area contributed by atoms with Crippen LogP contribution in [-0.2, 0) is 11.3 Å². The second kappa shape index (κ2) is 3.80. The molecule has 1 fully saturated rings. The molecule has 0 spiro atoms. The normalized spacial score (nSPS) is 20.9. The van der Waals surface area contributed by atoms with Gasteiger partial charge >= 0.3 is 0 Å². The summed E-state index contributed by atoms with van der Waals surface area (Å²) >= 11 is 0. The highest BCUT2D eigenvalue weighted by atomic mass is 16.1. The summed E-state index contributed by atoms with van der Waals surface area (Å²) in [5.41, 5.74) is 1.46. The average molecular weight is 229 g/mol. The fourth-order valence-electron chi connectivity index (χ4n) is 2.86. The van der Waals surface area contributed by atoms with Crippen molar-refractivity contribution in [3.63, 3.8) is 0 Å². The molecular weight excluding hydrogens is 210 g/mol. The molecule has 0 heterocycles. The van der Waals surface area contributed by atoms with Crippen LogP contribution < -0.4 is 0 Å². The summed E-state index contributed by atoms with van der Waals surface area (Å²) in [5, 5.41) is 0. The lowest BCUT2D eigenvalue weighted by Gasteiger charge is -2.48. The van der Waals surface area contributed by atoms with E-state index in [1.807, 2.05) is 45.9 Å². The third kappa shape index (κ3) is 1.82. The van der Waals surface area contributed by atoms with E-state index in [-0.39, 0.29) is 16.6 Å². The van der Waals surface area contributed by atoms with Gasteiger partial charge in [0.1, 0.15) is 0 Å². The number of Topliss-reactive ketones (excluding diaryl/α,β-unsaturated/α-hetero) is 1. The van der Waals surface area contributed by atoms with Gasteiger partial charge in [0.2, 0.25) is 0 Å². The van der Waals surface area contributed by atoms with Crippen LogP contribution in [-0.4, -0.2) is 11.5 Å². The number of rotatable bonds is 2. The molecule has 2 rings (SSSR count). The molecule has 0 unspecified atom stereocenters. The van der Waals surface area contributed by atoms with Gasteiger partial charge in [0.05, 0.1) is 17.4 Å². The summed E-state index contributed by atoms with van der Waals surface area (Å²) in [6.45, 7) is 8.51. The maximum atomic E-state index is 11.9. The van der Waals surface area contributed by atoms with Gasteiger partial charge in [0.25, 0.3) is 0 Å². The van der Waals surface area contributed by atoms with E-state index in [1.54, 1.807) is 0 Å². The van der Waals surface area contributed by atoms with Crippen molar-refractivity contribution in [3.8, 4) is 0 Å². The van der Waals surface area contributed by atoms with Crippen molar-refractivity contribution in [3.05, 3.63) is 35.9 Å². The maximum Gasteiger partial charge on any atom is 0.155 e. The largest absolute Gasteiger partial charge is 0.298 e. The zero-order valence-corrected chi connectivity index (χ0v) is 10.9. The predicted molar refractivity (Wildman–Crippen MR) is 70.2 cm³/mol. The Morgan fingerprint density at radius 1 is 1.00 bits per heavy atom. The fourth-order valence-corrected chi connectivity index (χ4v) is 2.86. The number of hydrogen-bond acceptors (Lipinski definition) is 2. The van der Waals surface area contributed by atoms with E-state index in [2.05, 4.69) is 17.1 Å². The average Bonchev–Trinajstić information content (AvgIpc) is 2.29. The molecule has 0 saturated heterocycles. The molecular formula is C15H19NO. The van der Waals surface area contributed by atoms with E-state index < -0.39 is 0 Å². The van der Waals surface area contributed by atoms with E-state index in [9.17, 15) is 4.79 Å². The molecule has 0 N–H and O–H groups in total. The summed E-state index contributed by atoms with van der Waals surface area (Å²) in [5.74, 6) is 0.289. The summed E-state index contributed by atoms with van der Waals surface area (Å²) in [7, 11) is 0. The van der Waals surface area contributed by atoms with Crippen molar-refractivity contribution in [1.82, 2.24) is 0 Å². The molecule has 1 aliphatic carbocycles. The number of nitrogens with zero attached hydrogens (tertiary/aromatic N) is 1.